The average molecular weight is 435 g/mol. The van der Waals surface area contributed by atoms with Gasteiger partial charge < -0.3 is 19.5 Å². The molecule has 0 aromatic carbocycles. The summed E-state index contributed by atoms with van der Waals surface area (Å²) in [5.74, 6) is 0.467. The van der Waals surface area contributed by atoms with Gasteiger partial charge in [0.1, 0.15) is 5.60 Å². The number of carbonyl (C=O) groups is 1. The molecule has 3 aromatic heterocycles. The van der Waals surface area contributed by atoms with E-state index in [1.165, 1.54) is 0 Å². The predicted molar refractivity (Wildman–Crippen MR) is 118 cm³/mol. The Morgan fingerprint density at radius 2 is 2.09 bits per heavy atom. The second-order valence-electron chi connectivity index (χ2n) is 9.00. The van der Waals surface area contributed by atoms with Gasteiger partial charge in [-0.1, -0.05) is 0 Å². The van der Waals surface area contributed by atoms with Gasteiger partial charge in [0.15, 0.2) is 0 Å². The van der Waals surface area contributed by atoms with Crippen molar-refractivity contribution in [1.29, 1.82) is 5.26 Å². The van der Waals surface area contributed by atoms with Crippen LogP contribution in [0.1, 0.15) is 27.2 Å². The quantitative estimate of drug-likeness (QED) is 0.655. The number of nitrogens with zero attached hydrogens (tertiary/aromatic N) is 7. The van der Waals surface area contributed by atoms with E-state index in [4.69, 9.17) is 4.74 Å². The van der Waals surface area contributed by atoms with Crippen LogP contribution in [0.5, 0.6) is 0 Å². The molecule has 0 bridgehead atoms. The van der Waals surface area contributed by atoms with Crippen LogP contribution in [0.2, 0.25) is 0 Å². The molecule has 1 fully saturated rings. The summed E-state index contributed by atoms with van der Waals surface area (Å²) >= 11 is 0. The number of nitriles is 1. The van der Waals surface area contributed by atoms with Crippen LogP contribution in [0.4, 0.5) is 16.4 Å². The zero-order chi connectivity index (χ0) is 22.9. The summed E-state index contributed by atoms with van der Waals surface area (Å²) in [7, 11) is 1.84. The Kier molecular flexibility index (Phi) is 5.34. The van der Waals surface area contributed by atoms with E-state index < -0.39 is 11.1 Å². The molecular formula is C22H26N8O2. The standard InChI is InChI=1S/C22H26N8O2/c1-21(2,3)32-20(31)29-14-22(15-29,7-8-23)30-10-6-16(12-30)18-5-9-24-19(27-18)26-17-11-25-28(4)13-17/h5-6,9-13H,7,14-15H2,1-4H3,(H,24,26,27). The van der Waals surface area contributed by atoms with Crippen LogP contribution < -0.4 is 5.32 Å². The first-order chi connectivity index (χ1) is 15.2. The molecule has 0 aliphatic carbocycles. The van der Waals surface area contributed by atoms with Gasteiger partial charge in [-0.2, -0.15) is 10.4 Å². The van der Waals surface area contributed by atoms with Crippen molar-refractivity contribution in [3.05, 3.63) is 43.1 Å². The highest BCUT2D eigenvalue weighted by Crippen LogP contribution is 2.35. The van der Waals surface area contributed by atoms with E-state index in [0.29, 0.717) is 19.0 Å². The summed E-state index contributed by atoms with van der Waals surface area (Å²) in [6, 6.07) is 6.04. The van der Waals surface area contributed by atoms with Crippen LogP contribution in [0.3, 0.4) is 0 Å². The lowest BCUT2D eigenvalue weighted by atomic mass is 9.86. The number of hydrogen-bond acceptors (Lipinski definition) is 7. The Bertz CT molecular complexity index is 1160. The molecule has 1 aliphatic heterocycles. The molecule has 3 aromatic rings. The maximum absolute atomic E-state index is 12.4. The lowest BCUT2D eigenvalue weighted by Gasteiger charge is -2.49. The van der Waals surface area contributed by atoms with Crippen LogP contribution in [0.25, 0.3) is 11.3 Å². The minimum atomic E-state index is -0.556. The van der Waals surface area contributed by atoms with Gasteiger partial charge in [0.25, 0.3) is 0 Å². The van der Waals surface area contributed by atoms with Gasteiger partial charge >= 0.3 is 6.09 Å². The van der Waals surface area contributed by atoms with Crippen molar-refractivity contribution >= 4 is 17.7 Å². The largest absolute Gasteiger partial charge is 0.444 e. The van der Waals surface area contributed by atoms with Crippen molar-refractivity contribution in [2.24, 2.45) is 7.05 Å². The molecule has 0 atom stereocenters. The van der Waals surface area contributed by atoms with Gasteiger partial charge in [0, 0.05) is 37.4 Å². The minimum Gasteiger partial charge on any atom is -0.444 e. The molecule has 0 unspecified atom stereocenters. The number of carbonyl (C=O) groups excluding carboxylic acids is 1. The molecule has 0 spiro atoms. The molecular weight excluding hydrogens is 408 g/mol. The Morgan fingerprint density at radius 1 is 1.31 bits per heavy atom. The van der Waals surface area contributed by atoms with Crippen LogP contribution in [-0.2, 0) is 17.3 Å². The second kappa shape index (κ2) is 8.00. The lowest BCUT2D eigenvalue weighted by molar-refractivity contribution is -0.0274. The van der Waals surface area contributed by atoms with Crippen LogP contribution in [0.15, 0.2) is 43.1 Å². The van der Waals surface area contributed by atoms with E-state index in [9.17, 15) is 10.1 Å². The lowest BCUT2D eigenvalue weighted by Crippen LogP contribution is -2.64. The molecule has 0 saturated carbocycles. The first-order valence-corrected chi connectivity index (χ1v) is 10.3. The number of rotatable bonds is 5. The highest BCUT2D eigenvalue weighted by atomic mass is 16.6. The fraction of sp³-hybridized carbons (Fsp3) is 0.409. The summed E-state index contributed by atoms with van der Waals surface area (Å²) in [6.07, 6.45) is 9.04. The fourth-order valence-corrected chi connectivity index (χ4v) is 3.67. The maximum Gasteiger partial charge on any atom is 0.410 e. The van der Waals surface area contributed by atoms with Crippen LogP contribution >= 0.6 is 0 Å². The fourth-order valence-electron chi connectivity index (χ4n) is 3.67. The summed E-state index contributed by atoms with van der Waals surface area (Å²) < 4.78 is 9.15. The average Bonchev–Trinajstić information content (AvgIpc) is 3.33. The van der Waals surface area contributed by atoms with Crippen molar-refractivity contribution in [3.8, 4) is 17.3 Å². The van der Waals surface area contributed by atoms with E-state index >= 15 is 0 Å². The van der Waals surface area contributed by atoms with Gasteiger partial charge in [-0.05, 0) is 32.9 Å². The third-order valence-electron chi connectivity index (χ3n) is 5.18. The van der Waals surface area contributed by atoms with E-state index in [0.717, 1.165) is 16.9 Å². The highest BCUT2D eigenvalue weighted by Gasteiger charge is 2.47. The molecule has 4 rings (SSSR count). The second-order valence-corrected chi connectivity index (χ2v) is 9.00. The van der Waals surface area contributed by atoms with Crippen molar-refractivity contribution in [2.45, 2.75) is 38.3 Å². The van der Waals surface area contributed by atoms with Gasteiger partial charge in [0.2, 0.25) is 5.95 Å². The summed E-state index contributed by atoms with van der Waals surface area (Å²) in [5.41, 5.74) is 1.41. The van der Waals surface area contributed by atoms with Crippen molar-refractivity contribution in [1.82, 2.24) is 29.2 Å². The molecule has 0 radical (unpaired) electrons. The molecule has 4 heterocycles. The molecule has 32 heavy (non-hydrogen) atoms. The van der Waals surface area contributed by atoms with Crippen molar-refractivity contribution < 1.29 is 9.53 Å². The first-order valence-electron chi connectivity index (χ1n) is 10.3. The van der Waals surface area contributed by atoms with Gasteiger partial charge in [-0.15, -0.1) is 0 Å². The van der Waals surface area contributed by atoms with Gasteiger partial charge in [-0.3, -0.25) is 4.68 Å². The molecule has 1 N–H and O–H groups in total. The van der Waals surface area contributed by atoms with Gasteiger partial charge in [-0.25, -0.2) is 14.8 Å². The molecule has 1 saturated heterocycles. The Labute approximate surface area is 186 Å². The monoisotopic (exact) mass is 434 g/mol. The number of aromatic nitrogens is 5. The van der Waals surface area contributed by atoms with E-state index in [2.05, 4.69) is 26.5 Å². The van der Waals surface area contributed by atoms with E-state index in [-0.39, 0.29) is 12.5 Å². The van der Waals surface area contributed by atoms with Crippen molar-refractivity contribution in [2.75, 3.05) is 18.4 Å². The van der Waals surface area contributed by atoms with E-state index in [1.54, 1.807) is 22.0 Å². The number of hydrogen-bond donors (Lipinski definition) is 1. The predicted octanol–water partition coefficient (Wildman–Crippen LogP) is 3.28. The topological polar surface area (TPSA) is 114 Å². The summed E-state index contributed by atoms with van der Waals surface area (Å²) in [5, 5.41) is 16.7. The normalized spacial score (nSPS) is 15.0. The third kappa shape index (κ3) is 4.42. The molecule has 10 heteroatoms. The first kappa shape index (κ1) is 21.4. The van der Waals surface area contributed by atoms with Crippen LogP contribution in [0, 0.1) is 11.3 Å². The van der Waals surface area contributed by atoms with Gasteiger partial charge in [0.05, 0.1) is 48.7 Å². The number of aryl methyl sites for hydroxylation is 1. The molecule has 10 nitrogen and oxygen atoms in total. The molecule has 1 aliphatic rings. The number of amides is 1. The molecule has 166 valence electrons. The number of anilines is 2. The molecule has 1 amide bonds. The maximum atomic E-state index is 12.4. The Morgan fingerprint density at radius 3 is 2.75 bits per heavy atom. The number of nitrogens with one attached hydrogen (secondary N) is 1. The Balaban J connectivity index is 1.51. The van der Waals surface area contributed by atoms with E-state index in [1.807, 2.05) is 63.1 Å². The number of likely N-dealkylation sites (tertiary alicyclic amines) is 1. The highest BCUT2D eigenvalue weighted by molar-refractivity contribution is 5.70. The minimum absolute atomic E-state index is 0.290. The zero-order valence-electron chi connectivity index (χ0n) is 18.6. The smallest absolute Gasteiger partial charge is 0.410 e. The third-order valence-corrected chi connectivity index (χ3v) is 5.18. The number of ether oxygens (including phenoxy) is 1. The summed E-state index contributed by atoms with van der Waals surface area (Å²) in [4.78, 5) is 22.9. The SMILES string of the molecule is Cn1cc(Nc2nccc(-c3ccn(C4(CC#N)CN(C(=O)OC(C)(C)C)C4)c3)n2)cn1. The van der Waals surface area contributed by atoms with Crippen LogP contribution in [-0.4, -0.2) is 54.0 Å². The van der Waals surface area contributed by atoms with Crippen molar-refractivity contribution in [3.63, 3.8) is 0 Å². The Hall–Kier alpha value is -3.87. The zero-order valence-corrected chi connectivity index (χ0v) is 18.6. The summed E-state index contributed by atoms with van der Waals surface area (Å²) in [6.45, 7) is 6.35.